The van der Waals surface area contributed by atoms with Gasteiger partial charge in [0, 0.05) is 12.1 Å². The Morgan fingerprint density at radius 3 is 2.88 bits per heavy atom. The predicted molar refractivity (Wildman–Crippen MR) is 68.5 cm³/mol. The van der Waals surface area contributed by atoms with Crippen molar-refractivity contribution in [2.45, 2.75) is 26.7 Å². The van der Waals surface area contributed by atoms with E-state index in [1.54, 1.807) is 6.08 Å². The summed E-state index contributed by atoms with van der Waals surface area (Å²) < 4.78 is 0. The van der Waals surface area contributed by atoms with Crippen LogP contribution < -0.4 is 5.32 Å². The molecular formula is C14H19NO. The zero-order valence-corrected chi connectivity index (χ0v) is 10.0. The lowest BCUT2D eigenvalue weighted by Gasteiger charge is -2.09. The molecule has 0 bridgehead atoms. The van der Waals surface area contributed by atoms with E-state index in [9.17, 15) is 4.79 Å². The molecule has 0 heterocycles. The minimum absolute atomic E-state index is 0.00736. The standard InChI is InChI=1S/C14H19NO/c1-4-6-10-15-14(16)13-9-7-8-11(3)12(13)5-2/h5,7-9H,2,4,6,10H2,1,3H3,(H,15,16). The van der Waals surface area contributed by atoms with E-state index in [0.717, 1.165) is 30.5 Å². The van der Waals surface area contributed by atoms with Crippen molar-refractivity contribution in [3.63, 3.8) is 0 Å². The van der Waals surface area contributed by atoms with Crippen LogP contribution in [0.25, 0.3) is 6.08 Å². The number of rotatable bonds is 5. The molecule has 1 aromatic rings. The van der Waals surface area contributed by atoms with Gasteiger partial charge in [-0.25, -0.2) is 0 Å². The normalized spacial score (nSPS) is 9.88. The molecule has 0 fully saturated rings. The predicted octanol–water partition coefficient (Wildman–Crippen LogP) is 3.17. The van der Waals surface area contributed by atoms with Crippen LogP contribution in [0.5, 0.6) is 0 Å². The maximum atomic E-state index is 11.9. The molecule has 0 saturated heterocycles. The summed E-state index contributed by atoms with van der Waals surface area (Å²) in [6.45, 7) is 8.58. The van der Waals surface area contributed by atoms with Gasteiger partial charge in [-0.15, -0.1) is 0 Å². The van der Waals surface area contributed by atoms with Crippen LogP contribution in [0.4, 0.5) is 0 Å². The van der Waals surface area contributed by atoms with Gasteiger partial charge >= 0.3 is 0 Å². The Morgan fingerprint density at radius 2 is 2.25 bits per heavy atom. The van der Waals surface area contributed by atoms with Crippen molar-refractivity contribution < 1.29 is 4.79 Å². The summed E-state index contributed by atoms with van der Waals surface area (Å²) in [6, 6.07) is 5.72. The van der Waals surface area contributed by atoms with Crippen molar-refractivity contribution in [3.8, 4) is 0 Å². The van der Waals surface area contributed by atoms with Crippen LogP contribution in [-0.2, 0) is 0 Å². The molecular weight excluding hydrogens is 198 g/mol. The Kier molecular flexibility index (Phi) is 4.77. The van der Waals surface area contributed by atoms with E-state index in [2.05, 4.69) is 18.8 Å². The summed E-state index contributed by atoms with van der Waals surface area (Å²) in [5, 5.41) is 2.92. The zero-order chi connectivity index (χ0) is 12.0. The first-order valence-corrected chi connectivity index (χ1v) is 5.71. The molecule has 2 heteroatoms. The molecule has 86 valence electrons. The Hall–Kier alpha value is -1.57. The first-order valence-electron chi connectivity index (χ1n) is 5.71. The number of carbonyl (C=O) groups is 1. The van der Waals surface area contributed by atoms with Gasteiger partial charge in [0.15, 0.2) is 0 Å². The number of hydrogen-bond acceptors (Lipinski definition) is 1. The molecule has 0 radical (unpaired) electrons. The highest BCUT2D eigenvalue weighted by molar-refractivity contribution is 5.98. The van der Waals surface area contributed by atoms with Crippen molar-refractivity contribution >= 4 is 12.0 Å². The molecule has 16 heavy (non-hydrogen) atoms. The summed E-state index contributed by atoms with van der Waals surface area (Å²) in [5.74, 6) is -0.00736. The highest BCUT2D eigenvalue weighted by Crippen LogP contribution is 2.15. The fraction of sp³-hybridized carbons (Fsp3) is 0.357. The minimum Gasteiger partial charge on any atom is -0.352 e. The largest absolute Gasteiger partial charge is 0.352 e. The van der Waals surface area contributed by atoms with E-state index >= 15 is 0 Å². The van der Waals surface area contributed by atoms with Gasteiger partial charge in [-0.05, 0) is 30.5 Å². The third-order valence-electron chi connectivity index (χ3n) is 2.59. The number of amides is 1. The van der Waals surface area contributed by atoms with Crippen molar-refractivity contribution in [2.24, 2.45) is 0 Å². The summed E-state index contributed by atoms with van der Waals surface area (Å²) in [5.41, 5.74) is 2.72. The molecule has 0 aliphatic rings. The monoisotopic (exact) mass is 217 g/mol. The van der Waals surface area contributed by atoms with Crippen LogP contribution in [0.2, 0.25) is 0 Å². The Morgan fingerprint density at radius 1 is 1.50 bits per heavy atom. The second-order valence-corrected chi connectivity index (χ2v) is 3.85. The minimum atomic E-state index is -0.00736. The Labute approximate surface area is 97.4 Å². The molecule has 1 rings (SSSR count). The first kappa shape index (κ1) is 12.5. The molecule has 0 unspecified atom stereocenters. The van der Waals surface area contributed by atoms with Gasteiger partial charge in [0.1, 0.15) is 0 Å². The molecule has 2 nitrogen and oxygen atoms in total. The molecule has 0 saturated carbocycles. The first-order chi connectivity index (χ1) is 7.70. The number of benzene rings is 1. The maximum Gasteiger partial charge on any atom is 0.251 e. The lowest BCUT2D eigenvalue weighted by molar-refractivity contribution is 0.0953. The fourth-order valence-electron chi connectivity index (χ4n) is 1.62. The van der Waals surface area contributed by atoms with Gasteiger partial charge in [0.2, 0.25) is 0 Å². The van der Waals surface area contributed by atoms with E-state index in [1.165, 1.54) is 0 Å². The highest BCUT2D eigenvalue weighted by atomic mass is 16.1. The summed E-state index contributed by atoms with van der Waals surface area (Å²) in [6.07, 6.45) is 3.84. The van der Waals surface area contributed by atoms with E-state index in [1.807, 2.05) is 25.1 Å². The second kappa shape index (κ2) is 6.11. The SMILES string of the molecule is C=Cc1c(C)cccc1C(=O)NCCCC. The molecule has 0 aliphatic carbocycles. The van der Waals surface area contributed by atoms with Crippen LogP contribution in [-0.4, -0.2) is 12.5 Å². The van der Waals surface area contributed by atoms with E-state index < -0.39 is 0 Å². The van der Waals surface area contributed by atoms with Crippen molar-refractivity contribution in [1.82, 2.24) is 5.32 Å². The summed E-state index contributed by atoms with van der Waals surface area (Å²) in [4.78, 5) is 11.9. The van der Waals surface area contributed by atoms with Crippen molar-refractivity contribution in [3.05, 3.63) is 41.5 Å². The second-order valence-electron chi connectivity index (χ2n) is 3.85. The summed E-state index contributed by atoms with van der Waals surface area (Å²) >= 11 is 0. The number of unbranched alkanes of at least 4 members (excludes halogenated alkanes) is 1. The average molecular weight is 217 g/mol. The van der Waals surface area contributed by atoms with E-state index in [-0.39, 0.29) is 5.91 Å². The van der Waals surface area contributed by atoms with Gasteiger partial charge in [-0.1, -0.05) is 38.1 Å². The third kappa shape index (κ3) is 2.96. The van der Waals surface area contributed by atoms with Crippen LogP contribution in [0.1, 0.15) is 41.3 Å². The highest BCUT2D eigenvalue weighted by Gasteiger charge is 2.09. The molecule has 1 N–H and O–H groups in total. The van der Waals surface area contributed by atoms with Gasteiger partial charge in [-0.2, -0.15) is 0 Å². The average Bonchev–Trinajstić information content (AvgIpc) is 2.29. The van der Waals surface area contributed by atoms with Crippen molar-refractivity contribution in [2.75, 3.05) is 6.54 Å². The van der Waals surface area contributed by atoms with E-state index in [4.69, 9.17) is 0 Å². The lowest BCUT2D eigenvalue weighted by atomic mass is 10.0. The van der Waals surface area contributed by atoms with E-state index in [0.29, 0.717) is 5.56 Å². The molecule has 0 aliphatic heterocycles. The quantitative estimate of drug-likeness (QED) is 0.754. The third-order valence-corrected chi connectivity index (χ3v) is 2.59. The Bertz CT molecular complexity index is 382. The van der Waals surface area contributed by atoms with Gasteiger partial charge in [0.25, 0.3) is 5.91 Å². The van der Waals surface area contributed by atoms with Crippen LogP contribution >= 0.6 is 0 Å². The topological polar surface area (TPSA) is 29.1 Å². The number of nitrogens with one attached hydrogen (secondary N) is 1. The Balaban J connectivity index is 2.82. The fourth-order valence-corrected chi connectivity index (χ4v) is 1.62. The molecule has 0 spiro atoms. The number of carbonyl (C=O) groups excluding carboxylic acids is 1. The van der Waals surface area contributed by atoms with Crippen LogP contribution in [0.15, 0.2) is 24.8 Å². The van der Waals surface area contributed by atoms with Gasteiger partial charge < -0.3 is 5.32 Å². The molecule has 0 atom stereocenters. The molecule has 1 amide bonds. The van der Waals surface area contributed by atoms with Crippen LogP contribution in [0, 0.1) is 6.92 Å². The molecule has 1 aromatic carbocycles. The summed E-state index contributed by atoms with van der Waals surface area (Å²) in [7, 11) is 0. The van der Waals surface area contributed by atoms with Gasteiger partial charge in [0.05, 0.1) is 0 Å². The number of hydrogen-bond donors (Lipinski definition) is 1. The number of aryl methyl sites for hydroxylation is 1. The van der Waals surface area contributed by atoms with Crippen molar-refractivity contribution in [1.29, 1.82) is 0 Å². The maximum absolute atomic E-state index is 11.9. The molecule has 0 aromatic heterocycles. The lowest BCUT2D eigenvalue weighted by Crippen LogP contribution is -2.25. The zero-order valence-electron chi connectivity index (χ0n) is 10.0. The smallest absolute Gasteiger partial charge is 0.251 e. The van der Waals surface area contributed by atoms with Gasteiger partial charge in [-0.3, -0.25) is 4.79 Å². The van der Waals surface area contributed by atoms with Crippen LogP contribution in [0.3, 0.4) is 0 Å².